The molecule has 4 bridgehead atoms. The summed E-state index contributed by atoms with van der Waals surface area (Å²) in [5.41, 5.74) is 2.15. The Morgan fingerprint density at radius 1 is 1.12 bits per heavy atom. The third-order valence-corrected chi connectivity index (χ3v) is 10.6. The van der Waals surface area contributed by atoms with Gasteiger partial charge in [0.1, 0.15) is 11.7 Å². The number of hydrogen-bond donors (Lipinski definition) is 3. The maximum Gasteiger partial charge on any atom is 0.330 e. The van der Waals surface area contributed by atoms with Crippen LogP contribution < -0.4 is 15.4 Å². The first-order valence-corrected chi connectivity index (χ1v) is 14.6. The van der Waals surface area contributed by atoms with Gasteiger partial charge in [-0.15, -0.1) is 0 Å². The Labute approximate surface area is 249 Å². The summed E-state index contributed by atoms with van der Waals surface area (Å²) in [6.45, 7) is 0.920. The Hall–Kier alpha value is -4.15. The Bertz CT molecular complexity index is 1590. The standard InChI is InChI=1S/C33H35N3O7/c1-36-15-14-32-28-20-6-9-22(37)29(28)43-30(32)33(42-3)13-12-31(32,24(36)17-20)18-23(33)35-26(39)16-19-4-7-21(8-5-19)34-25(38)10-11-27(40)41-2/h4-13,23-24,30,37H,14-18H2,1-3H3,(H,34,38)(H,35,39)/b11-10+/t23-,24+,30+,31+,32-,33+/m0/s1. The topological polar surface area (TPSA) is 126 Å². The zero-order chi connectivity index (χ0) is 30.1. The van der Waals surface area contributed by atoms with Crippen LogP contribution >= 0.6 is 0 Å². The van der Waals surface area contributed by atoms with Gasteiger partial charge in [0.25, 0.3) is 0 Å². The smallest absolute Gasteiger partial charge is 0.330 e. The number of nitrogens with zero attached hydrogens (tertiary/aromatic N) is 1. The van der Waals surface area contributed by atoms with E-state index in [0.29, 0.717) is 17.9 Å². The summed E-state index contributed by atoms with van der Waals surface area (Å²) in [6, 6.07) is 10.7. The van der Waals surface area contributed by atoms with Crippen LogP contribution in [0.5, 0.6) is 11.5 Å². The summed E-state index contributed by atoms with van der Waals surface area (Å²) >= 11 is 0. The van der Waals surface area contributed by atoms with Gasteiger partial charge in [0.05, 0.1) is 25.0 Å². The SMILES string of the molecule is COC(=O)/C=C/C(=O)Nc1ccc(CC(=O)N[C@H]2C[C@@]34C=C[C@]2(OC)[C@@H]2Oc5c(O)ccc6c5[C@@]23CCN(C)[C@@H]4C6)cc1. The molecule has 224 valence electrons. The van der Waals surface area contributed by atoms with Gasteiger partial charge in [-0.05, 0) is 62.2 Å². The Balaban J connectivity index is 1.13. The second kappa shape index (κ2) is 9.68. The van der Waals surface area contributed by atoms with Crippen LogP contribution in [0.1, 0.15) is 29.5 Å². The van der Waals surface area contributed by atoms with Crippen LogP contribution in [0.3, 0.4) is 0 Å². The molecule has 0 aromatic heterocycles. The van der Waals surface area contributed by atoms with Gasteiger partial charge in [-0.2, -0.15) is 0 Å². The van der Waals surface area contributed by atoms with Crippen molar-refractivity contribution in [2.24, 2.45) is 5.41 Å². The molecule has 1 saturated carbocycles. The number of likely N-dealkylation sites (N-methyl/N-ethyl adjacent to an activating group) is 1. The molecule has 0 radical (unpaired) electrons. The van der Waals surface area contributed by atoms with E-state index in [1.165, 1.54) is 12.7 Å². The number of aromatic hydroxyl groups is 1. The summed E-state index contributed by atoms with van der Waals surface area (Å²) in [4.78, 5) is 39.2. The van der Waals surface area contributed by atoms with E-state index >= 15 is 0 Å². The summed E-state index contributed by atoms with van der Waals surface area (Å²) in [5.74, 6) is -0.499. The molecular weight excluding hydrogens is 550 g/mol. The second-order valence-electron chi connectivity index (χ2n) is 12.3. The number of carbonyl (C=O) groups is 3. The highest BCUT2D eigenvalue weighted by Crippen LogP contribution is 2.73. The fourth-order valence-corrected chi connectivity index (χ4v) is 8.75. The normalized spacial score (nSPS) is 32.7. The number of phenolic OH excluding ortho intramolecular Hbond substituents is 1. The van der Waals surface area contributed by atoms with Crippen molar-refractivity contribution in [3.63, 3.8) is 0 Å². The molecule has 3 N–H and O–H groups in total. The maximum absolute atomic E-state index is 13.5. The van der Waals surface area contributed by atoms with E-state index in [1.54, 1.807) is 37.4 Å². The number of phenols is 1. The molecule has 2 aliphatic heterocycles. The lowest BCUT2D eigenvalue weighted by Crippen LogP contribution is -2.81. The van der Waals surface area contributed by atoms with Crippen molar-refractivity contribution in [3.8, 4) is 11.5 Å². The van der Waals surface area contributed by atoms with Crippen molar-refractivity contribution in [1.82, 2.24) is 10.2 Å². The first-order valence-electron chi connectivity index (χ1n) is 14.6. The van der Waals surface area contributed by atoms with Crippen LogP contribution in [0.25, 0.3) is 0 Å². The van der Waals surface area contributed by atoms with E-state index in [1.807, 2.05) is 6.07 Å². The van der Waals surface area contributed by atoms with Crippen LogP contribution in [-0.2, 0) is 42.1 Å². The summed E-state index contributed by atoms with van der Waals surface area (Å²) in [6.07, 6.45) is 8.78. The average Bonchev–Trinajstić information content (AvgIpc) is 3.37. The lowest BCUT2D eigenvalue weighted by molar-refractivity contribution is -0.200. The zero-order valence-electron chi connectivity index (χ0n) is 24.4. The molecule has 0 unspecified atom stereocenters. The van der Waals surface area contributed by atoms with Crippen LogP contribution in [0.15, 0.2) is 60.7 Å². The molecule has 2 amide bonds. The largest absolute Gasteiger partial charge is 0.504 e. The van der Waals surface area contributed by atoms with Crippen molar-refractivity contribution in [1.29, 1.82) is 0 Å². The minimum atomic E-state index is -0.899. The molecule has 6 atom stereocenters. The highest BCUT2D eigenvalue weighted by Gasteiger charge is 2.79. The second-order valence-corrected chi connectivity index (χ2v) is 12.3. The fraction of sp³-hybridized carbons (Fsp3) is 0.424. The van der Waals surface area contributed by atoms with E-state index in [4.69, 9.17) is 9.47 Å². The summed E-state index contributed by atoms with van der Waals surface area (Å²) in [5, 5.41) is 16.9. The minimum Gasteiger partial charge on any atom is -0.504 e. The van der Waals surface area contributed by atoms with Gasteiger partial charge in [0.15, 0.2) is 11.5 Å². The number of piperidine rings is 1. The third kappa shape index (κ3) is 3.75. The highest BCUT2D eigenvalue weighted by molar-refractivity contribution is 6.02. The van der Waals surface area contributed by atoms with Gasteiger partial charge in [0.2, 0.25) is 11.8 Å². The molecule has 2 aromatic carbocycles. The van der Waals surface area contributed by atoms with E-state index < -0.39 is 17.5 Å². The molecule has 4 aliphatic carbocycles. The number of esters is 1. The lowest BCUT2D eigenvalue weighted by atomic mass is 9.38. The van der Waals surface area contributed by atoms with Gasteiger partial charge in [-0.1, -0.05) is 30.4 Å². The monoisotopic (exact) mass is 585 g/mol. The third-order valence-electron chi connectivity index (χ3n) is 10.6. The number of amides is 2. The molecular formula is C33H35N3O7. The van der Waals surface area contributed by atoms with Gasteiger partial charge in [0, 0.05) is 42.0 Å². The predicted molar refractivity (Wildman–Crippen MR) is 157 cm³/mol. The van der Waals surface area contributed by atoms with Gasteiger partial charge >= 0.3 is 5.97 Å². The number of carbonyl (C=O) groups excluding carboxylic acids is 3. The molecule has 10 heteroatoms. The van der Waals surface area contributed by atoms with E-state index in [2.05, 4.69) is 39.5 Å². The molecule has 2 fully saturated rings. The number of likely N-dealkylation sites (tertiary alicyclic amines) is 1. The first-order chi connectivity index (χ1) is 20.7. The molecule has 2 heterocycles. The Morgan fingerprint density at radius 2 is 1.91 bits per heavy atom. The van der Waals surface area contributed by atoms with Gasteiger partial charge in [-0.3, -0.25) is 9.59 Å². The predicted octanol–water partition coefficient (Wildman–Crippen LogP) is 2.39. The number of rotatable bonds is 7. The number of ether oxygens (including phenoxy) is 3. The van der Waals surface area contributed by atoms with Gasteiger partial charge in [-0.25, -0.2) is 4.79 Å². The van der Waals surface area contributed by atoms with Crippen molar-refractivity contribution in [2.75, 3.05) is 33.1 Å². The van der Waals surface area contributed by atoms with Crippen molar-refractivity contribution >= 4 is 23.5 Å². The maximum atomic E-state index is 13.5. The Kier molecular flexibility index (Phi) is 6.23. The molecule has 2 spiro atoms. The molecule has 1 saturated heterocycles. The molecule has 43 heavy (non-hydrogen) atoms. The zero-order valence-corrected chi connectivity index (χ0v) is 24.4. The van der Waals surface area contributed by atoms with Crippen LogP contribution in [-0.4, -0.2) is 79.4 Å². The molecule has 10 nitrogen and oxygen atoms in total. The first kappa shape index (κ1) is 27.7. The number of hydrogen-bond acceptors (Lipinski definition) is 8. The molecule has 8 rings (SSSR count). The summed E-state index contributed by atoms with van der Waals surface area (Å²) in [7, 11) is 5.09. The van der Waals surface area contributed by atoms with Crippen molar-refractivity contribution in [2.45, 2.75) is 54.9 Å². The average molecular weight is 586 g/mol. The minimum absolute atomic E-state index is 0.140. The fourth-order valence-electron chi connectivity index (χ4n) is 8.75. The number of fused-ring (bicyclic) bond motifs is 1. The van der Waals surface area contributed by atoms with E-state index in [9.17, 15) is 19.5 Å². The number of methoxy groups -OCH3 is 2. The number of anilines is 1. The van der Waals surface area contributed by atoms with E-state index in [0.717, 1.165) is 42.7 Å². The lowest BCUT2D eigenvalue weighted by Gasteiger charge is -2.71. The number of nitrogens with one attached hydrogen (secondary N) is 2. The Morgan fingerprint density at radius 3 is 2.65 bits per heavy atom. The van der Waals surface area contributed by atoms with E-state index in [-0.39, 0.29) is 47.1 Å². The molecule has 6 aliphatic rings. The van der Waals surface area contributed by atoms with Gasteiger partial charge < -0.3 is 34.9 Å². The van der Waals surface area contributed by atoms with Crippen molar-refractivity contribution in [3.05, 3.63) is 77.4 Å². The summed E-state index contributed by atoms with van der Waals surface area (Å²) < 4.78 is 17.5. The van der Waals surface area contributed by atoms with Crippen LogP contribution in [0.2, 0.25) is 0 Å². The number of benzene rings is 2. The van der Waals surface area contributed by atoms with Crippen molar-refractivity contribution < 1.29 is 33.7 Å². The molecule has 2 aromatic rings. The quantitative estimate of drug-likeness (QED) is 0.257. The van der Waals surface area contributed by atoms with Crippen LogP contribution in [0.4, 0.5) is 5.69 Å². The van der Waals surface area contributed by atoms with Crippen LogP contribution in [0, 0.1) is 5.41 Å². The highest BCUT2D eigenvalue weighted by atomic mass is 16.6.